The van der Waals surface area contributed by atoms with E-state index in [9.17, 15) is 9.90 Å². The Bertz CT molecular complexity index is 206. The molecule has 0 aromatic heterocycles. The molecule has 114 valence electrons. The van der Waals surface area contributed by atoms with Crippen LogP contribution in [-0.4, -0.2) is 34.0 Å². The Morgan fingerprint density at radius 3 is 1.74 bits per heavy atom. The molecular weight excluding hydrogens is 244 g/mol. The average molecular weight is 274 g/mol. The number of rotatable bonds is 14. The standard InChI is InChI=1S/C15H30O4/c16-13-12-14(17)10-8-6-4-2-1-3-5-7-9-11-15(18)19/h14,16-17H,1-13H2,(H,18,19). The predicted octanol–water partition coefficient (Wildman–Crippen LogP) is 3.11. The molecule has 1 atom stereocenters. The predicted molar refractivity (Wildman–Crippen MR) is 76.1 cm³/mol. The molecule has 0 aliphatic carbocycles. The summed E-state index contributed by atoms with van der Waals surface area (Å²) < 4.78 is 0. The van der Waals surface area contributed by atoms with Crippen LogP contribution >= 0.6 is 0 Å². The van der Waals surface area contributed by atoms with E-state index < -0.39 is 5.97 Å². The summed E-state index contributed by atoms with van der Waals surface area (Å²) in [6.07, 6.45) is 11.3. The lowest BCUT2D eigenvalue weighted by Crippen LogP contribution is -2.08. The second-order valence-electron chi connectivity index (χ2n) is 5.28. The highest BCUT2D eigenvalue weighted by Crippen LogP contribution is 2.12. The highest BCUT2D eigenvalue weighted by atomic mass is 16.4. The first-order valence-electron chi connectivity index (χ1n) is 7.67. The molecule has 0 rings (SSSR count). The fourth-order valence-electron chi connectivity index (χ4n) is 2.19. The van der Waals surface area contributed by atoms with Gasteiger partial charge in [0.2, 0.25) is 0 Å². The van der Waals surface area contributed by atoms with E-state index >= 15 is 0 Å². The van der Waals surface area contributed by atoms with Crippen molar-refractivity contribution in [1.29, 1.82) is 0 Å². The van der Waals surface area contributed by atoms with Crippen molar-refractivity contribution in [2.24, 2.45) is 0 Å². The van der Waals surface area contributed by atoms with E-state index in [0.717, 1.165) is 38.5 Å². The van der Waals surface area contributed by atoms with Crippen molar-refractivity contribution in [3.05, 3.63) is 0 Å². The van der Waals surface area contributed by atoms with Gasteiger partial charge in [0.05, 0.1) is 6.10 Å². The van der Waals surface area contributed by atoms with Crippen LogP contribution in [0.25, 0.3) is 0 Å². The normalized spacial score (nSPS) is 12.5. The highest BCUT2D eigenvalue weighted by Gasteiger charge is 2.02. The number of aliphatic hydroxyl groups excluding tert-OH is 2. The van der Waals surface area contributed by atoms with Gasteiger partial charge < -0.3 is 15.3 Å². The van der Waals surface area contributed by atoms with Gasteiger partial charge in [-0.05, 0) is 19.3 Å². The molecule has 4 nitrogen and oxygen atoms in total. The van der Waals surface area contributed by atoms with E-state index in [2.05, 4.69) is 0 Å². The molecule has 0 aliphatic heterocycles. The first kappa shape index (κ1) is 18.4. The molecule has 1 unspecified atom stereocenters. The lowest BCUT2D eigenvalue weighted by Gasteiger charge is -2.08. The van der Waals surface area contributed by atoms with E-state index in [4.69, 9.17) is 10.2 Å². The van der Waals surface area contributed by atoms with Gasteiger partial charge in [0.1, 0.15) is 0 Å². The third kappa shape index (κ3) is 15.3. The first-order valence-corrected chi connectivity index (χ1v) is 7.67. The number of unbranched alkanes of at least 4 members (excludes halogenated alkanes) is 8. The van der Waals surface area contributed by atoms with Gasteiger partial charge in [0, 0.05) is 13.0 Å². The van der Waals surface area contributed by atoms with Crippen molar-refractivity contribution in [2.75, 3.05) is 6.61 Å². The molecular formula is C15H30O4. The minimum atomic E-state index is -0.691. The average Bonchev–Trinajstić information content (AvgIpc) is 2.36. The number of carboxylic acid groups (broad SMARTS) is 1. The summed E-state index contributed by atoms with van der Waals surface area (Å²) >= 11 is 0. The van der Waals surface area contributed by atoms with E-state index in [1.165, 1.54) is 25.7 Å². The van der Waals surface area contributed by atoms with Crippen LogP contribution in [0.3, 0.4) is 0 Å². The topological polar surface area (TPSA) is 77.8 Å². The second-order valence-corrected chi connectivity index (χ2v) is 5.28. The molecule has 0 spiro atoms. The zero-order chi connectivity index (χ0) is 14.3. The highest BCUT2D eigenvalue weighted by molar-refractivity contribution is 5.66. The van der Waals surface area contributed by atoms with Gasteiger partial charge in [-0.1, -0.05) is 51.4 Å². The summed E-state index contributed by atoms with van der Waals surface area (Å²) in [7, 11) is 0. The maximum absolute atomic E-state index is 10.3. The summed E-state index contributed by atoms with van der Waals surface area (Å²) in [5.74, 6) is -0.691. The third-order valence-corrected chi connectivity index (χ3v) is 3.39. The number of hydrogen-bond donors (Lipinski definition) is 3. The fraction of sp³-hybridized carbons (Fsp3) is 0.933. The lowest BCUT2D eigenvalue weighted by molar-refractivity contribution is -0.137. The van der Waals surface area contributed by atoms with Gasteiger partial charge in [-0.25, -0.2) is 0 Å². The van der Waals surface area contributed by atoms with Gasteiger partial charge in [-0.3, -0.25) is 4.79 Å². The maximum atomic E-state index is 10.3. The molecule has 0 amide bonds. The van der Waals surface area contributed by atoms with Gasteiger partial charge >= 0.3 is 5.97 Å². The van der Waals surface area contributed by atoms with Crippen molar-refractivity contribution in [1.82, 2.24) is 0 Å². The van der Waals surface area contributed by atoms with Crippen molar-refractivity contribution >= 4 is 5.97 Å². The van der Waals surface area contributed by atoms with E-state index in [1.54, 1.807) is 0 Å². The zero-order valence-electron chi connectivity index (χ0n) is 12.0. The number of carboxylic acids is 1. The number of hydrogen-bond acceptors (Lipinski definition) is 3. The molecule has 0 saturated carbocycles. The molecule has 19 heavy (non-hydrogen) atoms. The first-order chi connectivity index (χ1) is 9.16. The Morgan fingerprint density at radius 2 is 1.26 bits per heavy atom. The van der Waals surface area contributed by atoms with Gasteiger partial charge in [0.25, 0.3) is 0 Å². The minimum Gasteiger partial charge on any atom is -0.481 e. The van der Waals surface area contributed by atoms with Crippen LogP contribution in [0, 0.1) is 0 Å². The lowest BCUT2D eigenvalue weighted by atomic mass is 10.0. The van der Waals surface area contributed by atoms with E-state index in [1.807, 2.05) is 0 Å². The molecule has 0 heterocycles. The van der Waals surface area contributed by atoms with Crippen LogP contribution in [0.1, 0.15) is 77.0 Å². The molecule has 0 fully saturated rings. The van der Waals surface area contributed by atoms with Crippen LogP contribution < -0.4 is 0 Å². The molecule has 0 aromatic carbocycles. The summed E-state index contributed by atoms with van der Waals surface area (Å²) in [6.45, 7) is 0.0725. The van der Waals surface area contributed by atoms with Crippen molar-refractivity contribution in [3.63, 3.8) is 0 Å². The second kappa shape index (κ2) is 13.8. The summed E-state index contributed by atoms with van der Waals surface area (Å²) in [5.41, 5.74) is 0. The Balaban J connectivity index is 3.04. The smallest absolute Gasteiger partial charge is 0.303 e. The summed E-state index contributed by atoms with van der Waals surface area (Å²) in [6, 6.07) is 0. The minimum absolute atomic E-state index is 0.0725. The summed E-state index contributed by atoms with van der Waals surface area (Å²) in [4.78, 5) is 10.3. The maximum Gasteiger partial charge on any atom is 0.303 e. The molecule has 0 aromatic rings. The van der Waals surface area contributed by atoms with Crippen LogP contribution in [0.15, 0.2) is 0 Å². The van der Waals surface area contributed by atoms with Crippen LogP contribution in [0.5, 0.6) is 0 Å². The molecule has 0 radical (unpaired) electrons. The number of aliphatic hydroxyl groups is 2. The monoisotopic (exact) mass is 274 g/mol. The van der Waals surface area contributed by atoms with E-state index in [0.29, 0.717) is 12.8 Å². The number of carbonyl (C=O) groups is 1. The van der Waals surface area contributed by atoms with Crippen molar-refractivity contribution < 1.29 is 20.1 Å². The zero-order valence-corrected chi connectivity index (χ0v) is 12.0. The van der Waals surface area contributed by atoms with Crippen molar-refractivity contribution in [3.8, 4) is 0 Å². The Hall–Kier alpha value is -0.610. The Morgan fingerprint density at radius 1 is 0.789 bits per heavy atom. The Labute approximate surface area is 116 Å². The molecule has 3 N–H and O–H groups in total. The molecule has 0 saturated heterocycles. The largest absolute Gasteiger partial charge is 0.481 e. The van der Waals surface area contributed by atoms with E-state index in [-0.39, 0.29) is 12.7 Å². The van der Waals surface area contributed by atoms with Crippen LogP contribution in [0.2, 0.25) is 0 Å². The van der Waals surface area contributed by atoms with Crippen molar-refractivity contribution in [2.45, 2.75) is 83.2 Å². The fourth-order valence-corrected chi connectivity index (χ4v) is 2.19. The van der Waals surface area contributed by atoms with Gasteiger partial charge in [-0.15, -0.1) is 0 Å². The molecule has 0 aliphatic rings. The van der Waals surface area contributed by atoms with Crippen LogP contribution in [0.4, 0.5) is 0 Å². The van der Waals surface area contributed by atoms with Crippen LogP contribution in [-0.2, 0) is 4.79 Å². The van der Waals surface area contributed by atoms with Gasteiger partial charge in [-0.2, -0.15) is 0 Å². The Kier molecular flexibility index (Phi) is 13.4. The SMILES string of the molecule is O=C(O)CCCCCCCCCCCC(O)CCO. The quantitative estimate of drug-likeness (QED) is 0.425. The third-order valence-electron chi connectivity index (χ3n) is 3.39. The number of aliphatic carboxylic acids is 1. The molecule has 0 bridgehead atoms. The van der Waals surface area contributed by atoms with Gasteiger partial charge in [0.15, 0.2) is 0 Å². The molecule has 4 heteroatoms. The summed E-state index contributed by atoms with van der Waals surface area (Å²) in [5, 5.41) is 26.5.